The molecule has 4 aromatic carbocycles. The number of carbonyl (C=O) groups excluding carboxylic acids is 1. The number of hydrogen-bond donors (Lipinski definition) is 2. The second-order valence-electron chi connectivity index (χ2n) is 7.87. The standard InChI is InChI=1S/C29H21FN4O2/c30-22-11-9-20(10-12-22)28-31-18-17-27(34-28)32-24-6-4-5-21(19-24)29(35)33-23-13-15-26(16-14-23)36-25-7-2-1-3-8-25/h1-19H,(H,33,35)(H,31,32,34). The van der Waals surface area contributed by atoms with Crippen LogP contribution in [0.4, 0.5) is 21.6 Å². The van der Waals surface area contributed by atoms with Gasteiger partial charge in [-0.2, -0.15) is 0 Å². The molecule has 0 spiro atoms. The van der Waals surface area contributed by atoms with E-state index in [1.165, 1.54) is 12.1 Å². The molecular formula is C29H21FN4O2. The molecule has 1 aromatic heterocycles. The monoisotopic (exact) mass is 476 g/mol. The van der Waals surface area contributed by atoms with Crippen LogP contribution >= 0.6 is 0 Å². The molecule has 5 aromatic rings. The van der Waals surface area contributed by atoms with Crippen molar-refractivity contribution in [1.82, 2.24) is 9.97 Å². The van der Waals surface area contributed by atoms with Crippen LogP contribution in [0, 0.1) is 5.82 Å². The Kier molecular flexibility index (Phi) is 6.62. The molecule has 176 valence electrons. The van der Waals surface area contributed by atoms with E-state index in [1.807, 2.05) is 36.4 Å². The number of hydrogen-bond acceptors (Lipinski definition) is 5. The lowest BCUT2D eigenvalue weighted by molar-refractivity contribution is 0.102. The molecular weight excluding hydrogens is 455 g/mol. The summed E-state index contributed by atoms with van der Waals surface area (Å²) in [6.07, 6.45) is 1.62. The summed E-state index contributed by atoms with van der Waals surface area (Å²) in [4.78, 5) is 21.6. The van der Waals surface area contributed by atoms with Crippen molar-refractivity contribution in [1.29, 1.82) is 0 Å². The third-order valence-electron chi connectivity index (χ3n) is 5.25. The van der Waals surface area contributed by atoms with Crippen LogP contribution in [-0.2, 0) is 0 Å². The van der Waals surface area contributed by atoms with Crippen molar-refractivity contribution in [2.45, 2.75) is 0 Å². The number of carbonyl (C=O) groups is 1. The molecule has 1 amide bonds. The summed E-state index contributed by atoms with van der Waals surface area (Å²) < 4.78 is 19.0. The summed E-state index contributed by atoms with van der Waals surface area (Å²) in [6, 6.07) is 31.5. The Bertz CT molecular complexity index is 1470. The van der Waals surface area contributed by atoms with E-state index in [9.17, 15) is 9.18 Å². The first-order valence-corrected chi connectivity index (χ1v) is 11.2. The zero-order valence-corrected chi connectivity index (χ0v) is 19.1. The van der Waals surface area contributed by atoms with Crippen LogP contribution in [-0.4, -0.2) is 15.9 Å². The van der Waals surface area contributed by atoms with Crippen molar-refractivity contribution in [2.75, 3.05) is 10.6 Å². The molecule has 0 radical (unpaired) electrons. The van der Waals surface area contributed by atoms with Crippen molar-refractivity contribution in [2.24, 2.45) is 0 Å². The highest BCUT2D eigenvalue weighted by Gasteiger charge is 2.09. The fourth-order valence-electron chi connectivity index (χ4n) is 3.49. The molecule has 1 heterocycles. The number of nitrogens with zero attached hydrogens (tertiary/aromatic N) is 2. The minimum absolute atomic E-state index is 0.245. The highest BCUT2D eigenvalue weighted by atomic mass is 19.1. The molecule has 0 atom stereocenters. The van der Waals surface area contributed by atoms with E-state index in [-0.39, 0.29) is 11.7 Å². The largest absolute Gasteiger partial charge is 0.457 e. The fraction of sp³-hybridized carbons (Fsp3) is 0. The summed E-state index contributed by atoms with van der Waals surface area (Å²) >= 11 is 0. The Labute approximate surface area is 207 Å². The van der Waals surface area contributed by atoms with Gasteiger partial charge in [0.05, 0.1) is 0 Å². The number of ether oxygens (including phenoxy) is 1. The highest BCUT2D eigenvalue weighted by molar-refractivity contribution is 6.04. The van der Waals surface area contributed by atoms with Crippen LogP contribution in [0.2, 0.25) is 0 Å². The fourth-order valence-corrected chi connectivity index (χ4v) is 3.49. The van der Waals surface area contributed by atoms with Gasteiger partial charge >= 0.3 is 0 Å². The van der Waals surface area contributed by atoms with Gasteiger partial charge in [0.25, 0.3) is 5.91 Å². The lowest BCUT2D eigenvalue weighted by Gasteiger charge is -2.10. The highest BCUT2D eigenvalue weighted by Crippen LogP contribution is 2.24. The number of anilines is 3. The van der Waals surface area contributed by atoms with Crippen LogP contribution in [0.1, 0.15) is 10.4 Å². The molecule has 0 unspecified atom stereocenters. The SMILES string of the molecule is O=C(Nc1ccc(Oc2ccccc2)cc1)c1cccc(Nc2ccnc(-c3ccc(F)cc3)n2)c1. The third kappa shape index (κ3) is 5.71. The number of rotatable bonds is 7. The number of aromatic nitrogens is 2. The Hall–Kier alpha value is -5.04. The van der Waals surface area contributed by atoms with Crippen molar-refractivity contribution in [3.63, 3.8) is 0 Å². The van der Waals surface area contributed by atoms with Gasteiger partial charge in [-0.25, -0.2) is 14.4 Å². The molecule has 0 bridgehead atoms. The number of halogens is 1. The van der Waals surface area contributed by atoms with Crippen molar-refractivity contribution in [3.05, 3.63) is 127 Å². The van der Waals surface area contributed by atoms with Gasteiger partial charge in [0, 0.05) is 28.7 Å². The van der Waals surface area contributed by atoms with E-state index in [2.05, 4.69) is 20.6 Å². The molecule has 2 N–H and O–H groups in total. The van der Waals surface area contributed by atoms with Crippen LogP contribution in [0.3, 0.4) is 0 Å². The maximum atomic E-state index is 13.2. The molecule has 6 nitrogen and oxygen atoms in total. The maximum Gasteiger partial charge on any atom is 0.255 e. The van der Waals surface area contributed by atoms with E-state index >= 15 is 0 Å². The number of amides is 1. The van der Waals surface area contributed by atoms with Crippen LogP contribution in [0.25, 0.3) is 11.4 Å². The van der Waals surface area contributed by atoms with Crippen molar-refractivity contribution < 1.29 is 13.9 Å². The molecule has 0 saturated carbocycles. The maximum absolute atomic E-state index is 13.2. The second kappa shape index (κ2) is 10.5. The molecule has 0 aliphatic rings. The minimum atomic E-state index is -0.320. The zero-order valence-electron chi connectivity index (χ0n) is 19.1. The average molecular weight is 477 g/mol. The van der Waals surface area contributed by atoms with Gasteiger partial charge in [0.2, 0.25) is 0 Å². The molecule has 7 heteroatoms. The quantitative estimate of drug-likeness (QED) is 0.263. The van der Waals surface area contributed by atoms with Gasteiger partial charge in [0.15, 0.2) is 5.82 Å². The van der Waals surface area contributed by atoms with Crippen LogP contribution in [0.5, 0.6) is 11.5 Å². The Morgan fingerprint density at radius 3 is 2.28 bits per heavy atom. The first kappa shape index (κ1) is 22.7. The average Bonchev–Trinajstić information content (AvgIpc) is 2.91. The summed E-state index contributed by atoms with van der Waals surface area (Å²) in [5.74, 6) is 1.87. The normalized spacial score (nSPS) is 10.5. The van der Waals surface area contributed by atoms with Gasteiger partial charge in [-0.15, -0.1) is 0 Å². The number of benzene rings is 4. The van der Waals surface area contributed by atoms with E-state index in [1.54, 1.807) is 66.9 Å². The topological polar surface area (TPSA) is 76.1 Å². The molecule has 36 heavy (non-hydrogen) atoms. The van der Waals surface area contributed by atoms with Gasteiger partial charge < -0.3 is 15.4 Å². The molecule has 0 aliphatic carbocycles. The van der Waals surface area contributed by atoms with E-state index < -0.39 is 0 Å². The van der Waals surface area contributed by atoms with Gasteiger partial charge in [-0.05, 0) is 84.9 Å². The number of para-hydroxylation sites is 1. The minimum Gasteiger partial charge on any atom is -0.457 e. The smallest absolute Gasteiger partial charge is 0.255 e. The van der Waals surface area contributed by atoms with Crippen molar-refractivity contribution in [3.8, 4) is 22.9 Å². The summed E-state index contributed by atoms with van der Waals surface area (Å²) in [7, 11) is 0. The summed E-state index contributed by atoms with van der Waals surface area (Å²) in [6.45, 7) is 0. The summed E-state index contributed by atoms with van der Waals surface area (Å²) in [5.41, 5.74) is 2.53. The predicted molar refractivity (Wildman–Crippen MR) is 138 cm³/mol. The van der Waals surface area contributed by atoms with Gasteiger partial charge in [0.1, 0.15) is 23.1 Å². The van der Waals surface area contributed by atoms with E-state index in [4.69, 9.17) is 4.74 Å². The van der Waals surface area contributed by atoms with Gasteiger partial charge in [-0.1, -0.05) is 24.3 Å². The van der Waals surface area contributed by atoms with E-state index in [0.717, 1.165) is 5.75 Å². The molecule has 0 saturated heterocycles. The number of nitrogens with one attached hydrogen (secondary N) is 2. The van der Waals surface area contributed by atoms with E-state index in [0.29, 0.717) is 39.9 Å². The first-order chi connectivity index (χ1) is 17.6. The first-order valence-electron chi connectivity index (χ1n) is 11.2. The van der Waals surface area contributed by atoms with Crippen LogP contribution < -0.4 is 15.4 Å². The summed E-state index contributed by atoms with van der Waals surface area (Å²) in [5, 5.41) is 6.09. The molecule has 5 rings (SSSR count). The molecule has 0 aliphatic heterocycles. The van der Waals surface area contributed by atoms with Crippen molar-refractivity contribution >= 4 is 23.1 Å². The Balaban J connectivity index is 1.25. The lowest BCUT2D eigenvalue weighted by Crippen LogP contribution is -2.12. The second-order valence-corrected chi connectivity index (χ2v) is 7.87. The molecule has 0 fully saturated rings. The lowest BCUT2D eigenvalue weighted by atomic mass is 10.1. The predicted octanol–water partition coefficient (Wildman–Crippen LogP) is 7.07. The Morgan fingerprint density at radius 1 is 0.750 bits per heavy atom. The Morgan fingerprint density at radius 2 is 1.50 bits per heavy atom. The van der Waals surface area contributed by atoms with Crippen LogP contribution in [0.15, 0.2) is 115 Å². The van der Waals surface area contributed by atoms with Gasteiger partial charge in [-0.3, -0.25) is 4.79 Å². The third-order valence-corrected chi connectivity index (χ3v) is 5.25. The zero-order chi connectivity index (χ0) is 24.7.